The summed E-state index contributed by atoms with van der Waals surface area (Å²) >= 11 is 0. The van der Waals surface area contributed by atoms with Crippen LogP contribution in [0, 0.1) is 0 Å². The minimum Gasteiger partial charge on any atom is -0.491 e. The van der Waals surface area contributed by atoms with Gasteiger partial charge in [-0.25, -0.2) is 15.0 Å². The van der Waals surface area contributed by atoms with E-state index in [0.29, 0.717) is 54.1 Å². The molecule has 11 nitrogen and oxygen atoms in total. The third-order valence-corrected chi connectivity index (χ3v) is 11.3. The number of aromatic nitrogens is 2. The molecule has 1 aliphatic rings. The molecule has 12 heteroatoms. The Morgan fingerprint density at radius 1 is 0.547 bits per heavy atom. The van der Waals surface area contributed by atoms with Gasteiger partial charge in [0.2, 0.25) is 0 Å². The van der Waals surface area contributed by atoms with E-state index >= 15 is 0 Å². The Morgan fingerprint density at radius 3 is 1.61 bits per heavy atom. The lowest BCUT2D eigenvalue weighted by Gasteiger charge is -2.31. The maximum absolute atomic E-state index is 11.3. The Hall–Kier alpha value is -6.70. The van der Waals surface area contributed by atoms with Gasteiger partial charge < -0.3 is 18.9 Å². The predicted octanol–water partition coefficient (Wildman–Crippen LogP) is 10.0. The van der Waals surface area contributed by atoms with Crippen LogP contribution in [0.1, 0.15) is 36.5 Å². The van der Waals surface area contributed by atoms with E-state index in [1.807, 2.05) is 146 Å². The minimum absolute atomic E-state index is 0.136. The van der Waals surface area contributed by atoms with Crippen LogP contribution in [0.5, 0.6) is 11.5 Å². The van der Waals surface area contributed by atoms with Crippen LogP contribution in [-0.4, -0.2) is 79.3 Å². The van der Waals surface area contributed by atoms with E-state index < -0.39 is 15.9 Å². The maximum Gasteiger partial charge on any atom is 0.265 e. The number of hydrogen-bond donors (Lipinski definition) is 1. The summed E-state index contributed by atoms with van der Waals surface area (Å²) in [5.41, 5.74) is 7.78. The zero-order valence-corrected chi connectivity index (χ0v) is 36.4. The monoisotopic (exact) mass is 874 g/mol. The van der Waals surface area contributed by atoms with Crippen LogP contribution in [0.25, 0.3) is 33.9 Å². The molecule has 0 saturated carbocycles. The Balaban J connectivity index is 1.41. The number of nitrogens with zero attached hydrogens (tertiary/aromatic N) is 4. The summed E-state index contributed by atoms with van der Waals surface area (Å²) in [5, 5.41) is 0. The van der Waals surface area contributed by atoms with Gasteiger partial charge in [0.15, 0.2) is 0 Å². The van der Waals surface area contributed by atoms with Crippen LogP contribution < -0.4 is 9.47 Å². The van der Waals surface area contributed by atoms with Crippen LogP contribution in [0.4, 0.5) is 0 Å². The van der Waals surface area contributed by atoms with Crippen molar-refractivity contribution in [3.8, 4) is 45.4 Å². The van der Waals surface area contributed by atoms with Gasteiger partial charge >= 0.3 is 0 Å². The summed E-state index contributed by atoms with van der Waals surface area (Å²) in [6, 6.07) is 56.0. The fourth-order valence-electron chi connectivity index (χ4n) is 7.70. The highest BCUT2D eigenvalue weighted by molar-refractivity contribution is 7.85. The van der Waals surface area contributed by atoms with Crippen molar-refractivity contribution in [3.05, 3.63) is 187 Å². The normalized spacial score (nSPS) is 13.3. The standard InChI is InChI=1S/C52H50N4O7S/c1-2-32-60-34-36-62-45-30-17-15-28-43(45)51-53-49(41-24-11-5-12-25-41)50(42-26-13-6-14-27-42)56(51)52(44-29-16-18-31-46(44)63-37-35-61-33-19-38-64(57,58)59)54-47(39-20-7-3-8-21-39)48(55-52)40-22-9-4-10-23-40/h3-18,20-31H,2,19,32-38H2,1H3,(H,57,58,59). The van der Waals surface area contributed by atoms with Crippen molar-refractivity contribution < 1.29 is 31.9 Å². The Morgan fingerprint density at radius 2 is 1.03 bits per heavy atom. The fourth-order valence-corrected chi connectivity index (χ4v) is 8.18. The number of para-hydroxylation sites is 2. The van der Waals surface area contributed by atoms with Crippen molar-refractivity contribution >= 4 is 21.5 Å². The fraction of sp³-hybridized carbons (Fsp3) is 0.212. The molecule has 2 heterocycles. The van der Waals surface area contributed by atoms with E-state index in [4.69, 9.17) is 33.9 Å². The number of imidazole rings is 1. The Kier molecular flexibility index (Phi) is 14.2. The molecule has 1 aliphatic heterocycles. The van der Waals surface area contributed by atoms with E-state index in [0.717, 1.165) is 45.6 Å². The number of aliphatic imine (C=N–C) groups is 2. The second kappa shape index (κ2) is 20.7. The summed E-state index contributed by atoms with van der Waals surface area (Å²) in [4.78, 5) is 17.3. The quantitative estimate of drug-likeness (QED) is 0.0557. The number of ether oxygens (including phenoxy) is 4. The highest BCUT2D eigenvalue weighted by Crippen LogP contribution is 2.49. The molecule has 0 bridgehead atoms. The van der Waals surface area contributed by atoms with Crippen molar-refractivity contribution in [1.82, 2.24) is 9.55 Å². The molecule has 0 aliphatic carbocycles. The lowest BCUT2D eigenvalue weighted by Crippen LogP contribution is -2.32. The van der Waals surface area contributed by atoms with Gasteiger partial charge in [0.05, 0.1) is 52.9 Å². The van der Waals surface area contributed by atoms with Crippen LogP contribution in [-0.2, 0) is 25.4 Å². The lowest BCUT2D eigenvalue weighted by atomic mass is 10.0. The van der Waals surface area contributed by atoms with E-state index in [9.17, 15) is 13.0 Å². The second-order valence-corrected chi connectivity index (χ2v) is 16.6. The van der Waals surface area contributed by atoms with Crippen LogP contribution in [0.2, 0.25) is 0 Å². The summed E-state index contributed by atoms with van der Waals surface area (Å²) in [5.74, 6) is -0.270. The van der Waals surface area contributed by atoms with Crippen molar-refractivity contribution in [2.24, 2.45) is 9.98 Å². The highest BCUT2D eigenvalue weighted by Gasteiger charge is 2.47. The van der Waals surface area contributed by atoms with Gasteiger partial charge in [-0.15, -0.1) is 0 Å². The first-order valence-electron chi connectivity index (χ1n) is 21.5. The van der Waals surface area contributed by atoms with Gasteiger partial charge in [-0.2, -0.15) is 8.42 Å². The first-order chi connectivity index (χ1) is 31.4. The third-order valence-electron chi connectivity index (χ3n) is 10.5. The summed E-state index contributed by atoms with van der Waals surface area (Å²) < 4.78 is 58.6. The molecule has 0 amide bonds. The molecule has 7 aromatic rings. The van der Waals surface area contributed by atoms with Crippen molar-refractivity contribution in [2.75, 3.05) is 45.4 Å². The molecule has 0 spiro atoms. The van der Waals surface area contributed by atoms with E-state index in [1.54, 1.807) is 0 Å². The van der Waals surface area contributed by atoms with Gasteiger partial charge in [0, 0.05) is 35.5 Å². The van der Waals surface area contributed by atoms with Gasteiger partial charge in [-0.3, -0.25) is 9.12 Å². The molecule has 0 radical (unpaired) electrons. The summed E-state index contributed by atoms with van der Waals surface area (Å²) in [6.45, 7) is 3.92. The second-order valence-electron chi connectivity index (χ2n) is 15.0. The van der Waals surface area contributed by atoms with E-state index in [2.05, 4.69) is 35.8 Å². The highest BCUT2D eigenvalue weighted by atomic mass is 32.2. The number of benzene rings is 6. The van der Waals surface area contributed by atoms with Crippen LogP contribution in [0.15, 0.2) is 180 Å². The van der Waals surface area contributed by atoms with Crippen molar-refractivity contribution in [1.29, 1.82) is 0 Å². The molecule has 6 aromatic carbocycles. The molecule has 326 valence electrons. The molecule has 0 unspecified atom stereocenters. The average Bonchev–Trinajstić information content (AvgIpc) is 3.94. The Bertz CT molecular complexity index is 2740. The zero-order chi connectivity index (χ0) is 44.2. The smallest absolute Gasteiger partial charge is 0.265 e. The molecule has 8 rings (SSSR count). The number of hydrogen-bond acceptors (Lipinski definition) is 9. The molecular weight excluding hydrogens is 825 g/mol. The largest absolute Gasteiger partial charge is 0.491 e. The first kappa shape index (κ1) is 43.9. The minimum atomic E-state index is -4.09. The van der Waals surface area contributed by atoms with E-state index in [1.165, 1.54) is 0 Å². The molecule has 0 atom stereocenters. The summed E-state index contributed by atoms with van der Waals surface area (Å²) in [6.07, 6.45) is 1.06. The molecule has 0 saturated heterocycles. The Labute approximate surface area is 374 Å². The zero-order valence-electron chi connectivity index (χ0n) is 35.6. The van der Waals surface area contributed by atoms with Crippen molar-refractivity contribution in [2.45, 2.75) is 25.6 Å². The van der Waals surface area contributed by atoms with Crippen LogP contribution in [0.3, 0.4) is 0 Å². The lowest BCUT2D eigenvalue weighted by molar-refractivity contribution is 0.0997. The molecule has 1 N–H and O–H groups in total. The van der Waals surface area contributed by atoms with E-state index in [-0.39, 0.29) is 32.0 Å². The molecular formula is C52H50N4O7S. The van der Waals surface area contributed by atoms with Gasteiger partial charge in [0.1, 0.15) is 30.5 Å². The van der Waals surface area contributed by atoms with Gasteiger partial charge in [0.25, 0.3) is 15.9 Å². The molecule has 0 fully saturated rings. The third kappa shape index (κ3) is 10.1. The predicted molar refractivity (Wildman–Crippen MR) is 252 cm³/mol. The SMILES string of the molecule is CCCOCCOc1ccccc1-c1nc(-c2ccccc2)c(-c2ccccc2)n1C1(c2ccccc2OCCOCCCS(=O)(=O)O)N=C(c2ccccc2)C(c2ccccc2)=N1. The van der Waals surface area contributed by atoms with Gasteiger partial charge in [-0.1, -0.05) is 153 Å². The van der Waals surface area contributed by atoms with Crippen LogP contribution >= 0.6 is 0 Å². The first-order valence-corrected chi connectivity index (χ1v) is 23.1. The average molecular weight is 875 g/mol. The van der Waals surface area contributed by atoms with Gasteiger partial charge in [-0.05, 0) is 37.1 Å². The molecule has 64 heavy (non-hydrogen) atoms. The molecule has 1 aromatic heterocycles. The van der Waals surface area contributed by atoms with Crippen molar-refractivity contribution in [3.63, 3.8) is 0 Å². The maximum atomic E-state index is 11.3. The summed E-state index contributed by atoms with van der Waals surface area (Å²) in [7, 11) is -4.09. The topological polar surface area (TPSA) is 134 Å². The number of rotatable bonds is 21.